The molecule has 0 aliphatic heterocycles. The lowest BCUT2D eigenvalue weighted by molar-refractivity contribution is -0.144. The van der Waals surface area contributed by atoms with Crippen molar-refractivity contribution in [2.75, 3.05) is 52.5 Å². The molecule has 0 aliphatic rings. The lowest BCUT2D eigenvalue weighted by Gasteiger charge is -2.23. The van der Waals surface area contributed by atoms with Crippen LogP contribution in [0.1, 0.15) is 42.4 Å². The molecule has 3 aromatic heterocycles. The Morgan fingerprint density at radius 1 is 1.02 bits per heavy atom. The van der Waals surface area contributed by atoms with Gasteiger partial charge in [-0.05, 0) is 30.7 Å². The fraction of sp³-hybridized carbons (Fsp3) is 0.375. The van der Waals surface area contributed by atoms with Crippen LogP contribution in [0.4, 0.5) is 23.8 Å². The Balaban J connectivity index is 1.88. The number of alkyl halides is 3. The second-order valence-corrected chi connectivity index (χ2v) is 11.3. The van der Waals surface area contributed by atoms with Crippen molar-refractivity contribution >= 4 is 46.0 Å². The number of rotatable bonds is 14. The zero-order chi connectivity index (χ0) is 35.7. The highest BCUT2D eigenvalue weighted by Crippen LogP contribution is 2.39. The fourth-order valence-electron chi connectivity index (χ4n) is 4.81. The summed E-state index contributed by atoms with van der Waals surface area (Å²) in [6, 6.07) is 5.08. The predicted octanol–water partition coefficient (Wildman–Crippen LogP) is 5.29. The summed E-state index contributed by atoms with van der Waals surface area (Å²) in [7, 11) is 2.97. The van der Waals surface area contributed by atoms with Gasteiger partial charge in [0, 0.05) is 61.5 Å². The Labute approximate surface area is 282 Å². The number of ether oxygens (including phenoxy) is 4. The van der Waals surface area contributed by atoms with Gasteiger partial charge >= 0.3 is 24.1 Å². The van der Waals surface area contributed by atoms with Gasteiger partial charge < -0.3 is 28.8 Å². The van der Waals surface area contributed by atoms with Crippen LogP contribution < -0.4 is 16.1 Å². The first kappa shape index (κ1) is 37.0. The Kier molecular flexibility index (Phi) is 12.4. The number of hydrogen-bond acceptors (Lipinski definition) is 11. The first-order valence-corrected chi connectivity index (χ1v) is 15.9. The summed E-state index contributed by atoms with van der Waals surface area (Å²) in [6.07, 6.45) is -1.86. The molecule has 0 saturated carbocycles. The zero-order valence-corrected chi connectivity index (χ0v) is 27.8. The number of carbonyl (C=O) groups excluding carboxylic acids is 3. The van der Waals surface area contributed by atoms with Gasteiger partial charge in [0.05, 0.1) is 24.8 Å². The monoisotopic (exact) mass is 705 g/mol. The molecular weight excluding hydrogens is 671 g/mol. The molecule has 1 aromatic carbocycles. The molecule has 0 spiro atoms. The van der Waals surface area contributed by atoms with Crippen molar-refractivity contribution in [2.24, 2.45) is 0 Å². The minimum Gasteiger partial charge on any atom is -0.462 e. The Morgan fingerprint density at radius 2 is 1.73 bits per heavy atom. The van der Waals surface area contributed by atoms with Gasteiger partial charge in [-0.15, -0.1) is 11.3 Å². The number of pyridine rings is 2. The van der Waals surface area contributed by atoms with E-state index < -0.39 is 41.3 Å². The van der Waals surface area contributed by atoms with Crippen LogP contribution in [-0.2, 0) is 29.9 Å². The standard InChI is InChI=1S/C32H34F3N5O8S/c1-5-27(41)47-9-10-48-30(43)23-14-40(19(15-45-3)16-46-4)24-8-7-18(11-21(24)28(23)42)22-13-37-26(39-31(44)36-6-2)12-20(22)29-38-25(17-49-29)32(33,34)35/h7-8,11-14,17,19H,5-6,9-10,15-16H2,1-4H3,(H2,36,37,39,44). The second-order valence-electron chi connectivity index (χ2n) is 10.4. The Hall–Kier alpha value is -4.87. The minimum atomic E-state index is -4.69. The molecule has 49 heavy (non-hydrogen) atoms. The van der Waals surface area contributed by atoms with E-state index in [9.17, 15) is 32.3 Å². The number of carbonyl (C=O) groups is 3. The molecule has 0 fully saturated rings. The molecule has 0 radical (unpaired) electrons. The van der Waals surface area contributed by atoms with Gasteiger partial charge in [-0.1, -0.05) is 13.0 Å². The largest absolute Gasteiger partial charge is 0.462 e. The van der Waals surface area contributed by atoms with Crippen molar-refractivity contribution < 1.29 is 46.5 Å². The number of thiazole rings is 1. The molecule has 4 rings (SSSR count). The third-order valence-corrected chi connectivity index (χ3v) is 7.93. The Morgan fingerprint density at radius 3 is 2.37 bits per heavy atom. The zero-order valence-electron chi connectivity index (χ0n) is 27.0. The van der Waals surface area contributed by atoms with Gasteiger partial charge in [-0.25, -0.2) is 19.6 Å². The number of esters is 2. The molecule has 17 heteroatoms. The number of halogens is 3. The smallest absolute Gasteiger partial charge is 0.434 e. The number of benzene rings is 1. The van der Waals surface area contributed by atoms with Crippen molar-refractivity contribution in [1.82, 2.24) is 19.9 Å². The van der Waals surface area contributed by atoms with E-state index in [1.165, 1.54) is 38.7 Å². The molecule has 0 aliphatic carbocycles. The van der Waals surface area contributed by atoms with Crippen LogP contribution in [0.5, 0.6) is 0 Å². The highest BCUT2D eigenvalue weighted by atomic mass is 32.1. The van der Waals surface area contributed by atoms with Crippen LogP contribution in [0.2, 0.25) is 0 Å². The number of hydrogen-bond donors (Lipinski definition) is 2. The summed E-state index contributed by atoms with van der Waals surface area (Å²) in [5, 5.41) is 6.03. The molecular formula is C32H34F3N5O8S. The number of nitrogens with zero attached hydrogens (tertiary/aromatic N) is 3. The number of urea groups is 1. The maximum Gasteiger partial charge on any atom is 0.434 e. The van der Waals surface area contributed by atoms with E-state index in [1.807, 2.05) is 0 Å². The summed E-state index contributed by atoms with van der Waals surface area (Å²) in [5.41, 5.74) is -0.833. The lowest BCUT2D eigenvalue weighted by Crippen LogP contribution is -2.28. The van der Waals surface area contributed by atoms with Crippen LogP contribution in [0, 0.1) is 0 Å². The lowest BCUT2D eigenvalue weighted by atomic mass is 9.99. The number of anilines is 1. The normalized spacial score (nSPS) is 11.5. The first-order valence-electron chi connectivity index (χ1n) is 15.0. The van der Waals surface area contributed by atoms with E-state index in [-0.39, 0.29) is 60.2 Å². The van der Waals surface area contributed by atoms with Gasteiger partial charge in [-0.2, -0.15) is 13.2 Å². The van der Waals surface area contributed by atoms with Crippen molar-refractivity contribution in [1.29, 1.82) is 0 Å². The van der Waals surface area contributed by atoms with Gasteiger partial charge in [0.2, 0.25) is 5.43 Å². The fourth-order valence-corrected chi connectivity index (χ4v) is 5.67. The van der Waals surface area contributed by atoms with E-state index in [0.717, 1.165) is 16.7 Å². The third kappa shape index (κ3) is 8.98. The molecule has 3 heterocycles. The molecule has 262 valence electrons. The molecule has 0 bridgehead atoms. The summed E-state index contributed by atoms with van der Waals surface area (Å²) in [6.45, 7) is 3.46. The summed E-state index contributed by atoms with van der Waals surface area (Å²) < 4.78 is 63.1. The third-order valence-electron chi connectivity index (χ3n) is 7.05. The van der Waals surface area contributed by atoms with E-state index >= 15 is 0 Å². The van der Waals surface area contributed by atoms with Crippen molar-refractivity contribution in [2.45, 2.75) is 32.5 Å². The van der Waals surface area contributed by atoms with Crippen LogP contribution >= 0.6 is 11.3 Å². The number of methoxy groups -OCH3 is 2. The summed E-state index contributed by atoms with van der Waals surface area (Å²) in [4.78, 5) is 58.8. The van der Waals surface area contributed by atoms with E-state index in [1.54, 1.807) is 30.5 Å². The number of amides is 2. The first-order chi connectivity index (χ1) is 23.4. The number of fused-ring (bicyclic) bond motifs is 1. The van der Waals surface area contributed by atoms with Crippen molar-refractivity contribution in [3.05, 3.63) is 63.5 Å². The average molecular weight is 706 g/mol. The average Bonchev–Trinajstić information content (AvgIpc) is 3.58. The van der Waals surface area contributed by atoms with Gasteiger partial charge in [0.1, 0.15) is 29.6 Å². The molecule has 0 atom stereocenters. The maximum atomic E-state index is 13.9. The molecule has 0 unspecified atom stereocenters. The van der Waals surface area contributed by atoms with Gasteiger partial charge in [-0.3, -0.25) is 14.9 Å². The number of nitrogens with one attached hydrogen (secondary N) is 2. The predicted molar refractivity (Wildman–Crippen MR) is 175 cm³/mol. The van der Waals surface area contributed by atoms with Crippen LogP contribution in [0.3, 0.4) is 0 Å². The van der Waals surface area contributed by atoms with Gasteiger partial charge in [0.25, 0.3) is 0 Å². The molecule has 2 N–H and O–H groups in total. The minimum absolute atomic E-state index is 0.0115. The highest BCUT2D eigenvalue weighted by molar-refractivity contribution is 7.13. The van der Waals surface area contributed by atoms with Gasteiger partial charge in [0.15, 0.2) is 5.69 Å². The SMILES string of the molecule is CCNC(=O)Nc1cc(-c2nc(C(F)(F)F)cs2)c(-c2ccc3c(c2)c(=O)c(C(=O)OCCOC(=O)CC)cn3C(COC)COC)cn1. The Bertz CT molecular complexity index is 1870. The highest BCUT2D eigenvalue weighted by Gasteiger charge is 2.34. The summed E-state index contributed by atoms with van der Waals surface area (Å²) >= 11 is 0.746. The van der Waals surface area contributed by atoms with Crippen molar-refractivity contribution in [3.8, 4) is 21.7 Å². The molecule has 0 saturated heterocycles. The molecule has 4 aromatic rings. The van der Waals surface area contributed by atoms with E-state index in [0.29, 0.717) is 23.2 Å². The summed E-state index contributed by atoms with van der Waals surface area (Å²) in [5.74, 6) is -1.39. The van der Waals surface area contributed by atoms with Crippen LogP contribution in [0.15, 0.2) is 46.8 Å². The van der Waals surface area contributed by atoms with Crippen LogP contribution in [-0.4, -0.2) is 79.7 Å². The quantitative estimate of drug-likeness (QED) is 0.130. The van der Waals surface area contributed by atoms with E-state index in [4.69, 9.17) is 18.9 Å². The number of aromatic nitrogens is 3. The maximum absolute atomic E-state index is 13.9. The molecule has 2 amide bonds. The second kappa shape index (κ2) is 16.5. The van der Waals surface area contributed by atoms with E-state index in [2.05, 4.69) is 20.6 Å². The van der Waals surface area contributed by atoms with Crippen LogP contribution in [0.25, 0.3) is 32.6 Å². The van der Waals surface area contributed by atoms with Crippen molar-refractivity contribution in [3.63, 3.8) is 0 Å². The topological polar surface area (TPSA) is 160 Å². The molecule has 13 nitrogen and oxygen atoms in total.